The van der Waals surface area contributed by atoms with Crippen LogP contribution in [0.15, 0.2) is 6.20 Å². The second-order valence-electron chi connectivity index (χ2n) is 4.99. The van der Waals surface area contributed by atoms with Crippen LogP contribution in [0.4, 0.5) is 0 Å². The maximum atomic E-state index is 12.4. The number of ether oxygens (including phenoxy) is 1. The molecule has 1 aliphatic heterocycles. The van der Waals surface area contributed by atoms with Gasteiger partial charge in [-0.2, -0.15) is 0 Å². The van der Waals surface area contributed by atoms with Crippen molar-refractivity contribution in [2.24, 2.45) is 5.73 Å². The molecule has 1 amide bonds. The number of hydrogen-bond donors (Lipinski definition) is 1. The summed E-state index contributed by atoms with van der Waals surface area (Å²) < 4.78 is 6.92. The first-order valence-electron chi connectivity index (χ1n) is 7.44. The Bertz CT molecular complexity index is 444. The summed E-state index contributed by atoms with van der Waals surface area (Å²) >= 11 is 0. The molecule has 0 atom stereocenters. The lowest BCUT2D eigenvalue weighted by molar-refractivity contribution is 0.0327. The van der Waals surface area contributed by atoms with E-state index in [1.807, 2.05) is 6.92 Å². The standard InChI is InChI=1S/C13H24N6O2/c1-2-18(6-5-17-7-9-21-10-8-17)13(20)12-11-19(4-3-14)16-15-12/h11H,2-10,14H2,1H3. The van der Waals surface area contributed by atoms with Crippen LogP contribution in [-0.2, 0) is 11.3 Å². The zero-order valence-corrected chi connectivity index (χ0v) is 12.6. The van der Waals surface area contributed by atoms with Crippen LogP contribution >= 0.6 is 0 Å². The first-order chi connectivity index (χ1) is 10.2. The number of carbonyl (C=O) groups is 1. The van der Waals surface area contributed by atoms with E-state index in [-0.39, 0.29) is 5.91 Å². The molecular weight excluding hydrogens is 272 g/mol. The lowest BCUT2D eigenvalue weighted by Crippen LogP contribution is -2.43. The van der Waals surface area contributed by atoms with Crippen LogP contribution in [0.25, 0.3) is 0 Å². The third-order valence-electron chi connectivity index (χ3n) is 3.57. The fraction of sp³-hybridized carbons (Fsp3) is 0.769. The van der Waals surface area contributed by atoms with Crippen LogP contribution in [0.1, 0.15) is 17.4 Å². The van der Waals surface area contributed by atoms with E-state index in [1.165, 1.54) is 0 Å². The molecule has 1 saturated heterocycles. The minimum Gasteiger partial charge on any atom is -0.379 e. The molecule has 1 aromatic heterocycles. The van der Waals surface area contributed by atoms with E-state index in [4.69, 9.17) is 10.5 Å². The fourth-order valence-electron chi connectivity index (χ4n) is 2.29. The minimum absolute atomic E-state index is 0.0750. The average Bonchev–Trinajstić information content (AvgIpc) is 2.98. The molecule has 0 saturated carbocycles. The van der Waals surface area contributed by atoms with Crippen molar-refractivity contribution in [3.8, 4) is 0 Å². The molecule has 2 heterocycles. The Hall–Kier alpha value is -1.51. The molecule has 0 aromatic carbocycles. The number of aromatic nitrogens is 3. The normalized spacial score (nSPS) is 16.1. The van der Waals surface area contributed by atoms with Gasteiger partial charge in [0.1, 0.15) is 0 Å². The molecular formula is C13H24N6O2. The van der Waals surface area contributed by atoms with Crippen molar-refractivity contribution in [1.29, 1.82) is 0 Å². The molecule has 2 rings (SSSR count). The molecule has 0 spiro atoms. The predicted molar refractivity (Wildman–Crippen MR) is 77.9 cm³/mol. The minimum atomic E-state index is -0.0750. The number of nitrogens with two attached hydrogens (primary N) is 1. The Kier molecular flexibility index (Phi) is 6.09. The molecule has 1 aromatic rings. The van der Waals surface area contributed by atoms with Crippen LogP contribution < -0.4 is 5.73 Å². The highest BCUT2D eigenvalue weighted by Gasteiger charge is 2.19. The number of rotatable bonds is 7. The molecule has 0 unspecified atom stereocenters. The largest absolute Gasteiger partial charge is 0.379 e. The molecule has 8 nitrogen and oxygen atoms in total. The van der Waals surface area contributed by atoms with Crippen LogP contribution in [-0.4, -0.2) is 83.2 Å². The first kappa shape index (κ1) is 15.9. The number of hydrogen-bond acceptors (Lipinski definition) is 6. The van der Waals surface area contributed by atoms with Crippen LogP contribution in [0.2, 0.25) is 0 Å². The van der Waals surface area contributed by atoms with Crippen molar-refractivity contribution in [2.45, 2.75) is 13.5 Å². The van der Waals surface area contributed by atoms with Gasteiger partial charge >= 0.3 is 0 Å². The van der Waals surface area contributed by atoms with E-state index < -0.39 is 0 Å². The van der Waals surface area contributed by atoms with E-state index in [0.29, 0.717) is 31.9 Å². The van der Waals surface area contributed by atoms with E-state index >= 15 is 0 Å². The number of amides is 1. The van der Waals surface area contributed by atoms with E-state index in [2.05, 4.69) is 15.2 Å². The predicted octanol–water partition coefficient (Wildman–Crippen LogP) is -0.969. The molecule has 21 heavy (non-hydrogen) atoms. The SMILES string of the molecule is CCN(CCN1CCOCC1)C(=O)c1cn(CCN)nn1. The quantitative estimate of drug-likeness (QED) is 0.696. The Morgan fingerprint density at radius 3 is 2.86 bits per heavy atom. The maximum absolute atomic E-state index is 12.4. The van der Waals surface area contributed by atoms with Gasteiger partial charge in [-0.3, -0.25) is 14.4 Å². The van der Waals surface area contributed by atoms with Crippen LogP contribution in [0, 0.1) is 0 Å². The molecule has 0 bridgehead atoms. The summed E-state index contributed by atoms with van der Waals surface area (Å²) in [5.41, 5.74) is 5.84. The zero-order chi connectivity index (χ0) is 15.1. The lowest BCUT2D eigenvalue weighted by atomic mass is 10.3. The van der Waals surface area contributed by atoms with Crippen molar-refractivity contribution in [2.75, 3.05) is 52.5 Å². The van der Waals surface area contributed by atoms with Crippen molar-refractivity contribution >= 4 is 5.91 Å². The summed E-state index contributed by atoms with van der Waals surface area (Å²) in [6.07, 6.45) is 1.66. The summed E-state index contributed by atoms with van der Waals surface area (Å²) in [6.45, 7) is 8.64. The third-order valence-corrected chi connectivity index (χ3v) is 3.57. The molecule has 0 aliphatic carbocycles. The second-order valence-corrected chi connectivity index (χ2v) is 4.99. The smallest absolute Gasteiger partial charge is 0.276 e. The fourth-order valence-corrected chi connectivity index (χ4v) is 2.29. The number of carbonyl (C=O) groups excluding carboxylic acids is 1. The molecule has 8 heteroatoms. The van der Waals surface area contributed by atoms with Gasteiger partial charge in [0.25, 0.3) is 5.91 Å². The summed E-state index contributed by atoms with van der Waals surface area (Å²) in [4.78, 5) is 16.5. The van der Waals surface area contributed by atoms with Crippen molar-refractivity contribution in [3.63, 3.8) is 0 Å². The number of likely N-dealkylation sites (N-methyl/N-ethyl adjacent to an activating group) is 1. The summed E-state index contributed by atoms with van der Waals surface area (Å²) in [5, 5.41) is 7.84. The number of nitrogens with zero attached hydrogens (tertiary/aromatic N) is 5. The maximum Gasteiger partial charge on any atom is 0.276 e. The first-order valence-corrected chi connectivity index (χ1v) is 7.44. The Morgan fingerprint density at radius 2 is 2.19 bits per heavy atom. The number of morpholine rings is 1. The van der Waals surface area contributed by atoms with E-state index in [9.17, 15) is 4.79 Å². The van der Waals surface area contributed by atoms with Gasteiger partial charge in [-0.25, -0.2) is 0 Å². The monoisotopic (exact) mass is 296 g/mol. The van der Waals surface area contributed by atoms with Crippen molar-refractivity contribution < 1.29 is 9.53 Å². The molecule has 0 radical (unpaired) electrons. The molecule has 2 N–H and O–H groups in total. The van der Waals surface area contributed by atoms with Crippen LogP contribution in [0.3, 0.4) is 0 Å². The van der Waals surface area contributed by atoms with E-state index in [1.54, 1.807) is 15.8 Å². The van der Waals surface area contributed by atoms with Gasteiger partial charge in [-0.05, 0) is 6.92 Å². The van der Waals surface area contributed by atoms with Gasteiger partial charge in [0.2, 0.25) is 0 Å². The van der Waals surface area contributed by atoms with Crippen LogP contribution in [0.5, 0.6) is 0 Å². The summed E-state index contributed by atoms with van der Waals surface area (Å²) in [6, 6.07) is 0. The van der Waals surface area contributed by atoms with Gasteiger partial charge in [0, 0.05) is 39.3 Å². The summed E-state index contributed by atoms with van der Waals surface area (Å²) in [7, 11) is 0. The Labute approximate surface area is 124 Å². The van der Waals surface area contributed by atoms with Gasteiger partial charge in [0.15, 0.2) is 5.69 Å². The molecule has 1 aliphatic rings. The second kappa shape index (κ2) is 8.06. The Balaban J connectivity index is 1.87. The van der Waals surface area contributed by atoms with Gasteiger partial charge in [-0.1, -0.05) is 5.21 Å². The molecule has 1 fully saturated rings. The Morgan fingerprint density at radius 1 is 1.43 bits per heavy atom. The average molecular weight is 296 g/mol. The van der Waals surface area contributed by atoms with Crippen molar-refractivity contribution in [1.82, 2.24) is 24.8 Å². The topological polar surface area (TPSA) is 89.5 Å². The summed E-state index contributed by atoms with van der Waals surface area (Å²) in [5.74, 6) is -0.0750. The molecule has 118 valence electrons. The van der Waals surface area contributed by atoms with Gasteiger partial charge < -0.3 is 15.4 Å². The van der Waals surface area contributed by atoms with E-state index in [0.717, 1.165) is 32.8 Å². The highest BCUT2D eigenvalue weighted by atomic mass is 16.5. The highest BCUT2D eigenvalue weighted by Crippen LogP contribution is 2.03. The van der Waals surface area contributed by atoms with Crippen molar-refractivity contribution in [3.05, 3.63) is 11.9 Å². The van der Waals surface area contributed by atoms with Gasteiger partial charge in [0.05, 0.1) is 26.0 Å². The highest BCUT2D eigenvalue weighted by molar-refractivity contribution is 5.91. The van der Waals surface area contributed by atoms with Gasteiger partial charge in [-0.15, -0.1) is 5.10 Å². The third kappa shape index (κ3) is 4.48. The lowest BCUT2D eigenvalue weighted by Gasteiger charge is -2.29. The zero-order valence-electron chi connectivity index (χ0n) is 12.6.